The molecule has 0 saturated carbocycles. The molecule has 0 spiro atoms. The van der Waals surface area contributed by atoms with Gasteiger partial charge in [0.05, 0.1) is 11.7 Å². The Hall–Kier alpha value is -2.58. The van der Waals surface area contributed by atoms with Crippen LogP contribution in [-0.2, 0) is 6.42 Å². The molecule has 5 nitrogen and oxygen atoms in total. The second-order valence-corrected chi connectivity index (χ2v) is 6.30. The van der Waals surface area contributed by atoms with Gasteiger partial charge in [0.1, 0.15) is 11.8 Å². The van der Waals surface area contributed by atoms with E-state index in [1.54, 1.807) is 17.2 Å². The molecule has 1 fully saturated rings. The van der Waals surface area contributed by atoms with Crippen LogP contribution in [-0.4, -0.2) is 40.1 Å². The van der Waals surface area contributed by atoms with Crippen LogP contribution in [0.4, 0.5) is 0 Å². The Bertz CT molecular complexity index is 725. The number of amides is 1. The number of carbonyl (C=O) groups excluding carboxylic acids is 1. The molecule has 1 saturated heterocycles. The summed E-state index contributed by atoms with van der Waals surface area (Å²) in [5.41, 5.74) is 2.06. The molecule has 24 heavy (non-hydrogen) atoms. The minimum atomic E-state index is -0.375. The SMILES string of the molecule is N#Cc1c[nH]c(C(=O)N2CCC([C@H](O)Cc3ccccc3)CC2)c1. The van der Waals surface area contributed by atoms with Gasteiger partial charge in [-0.2, -0.15) is 5.26 Å². The van der Waals surface area contributed by atoms with E-state index in [4.69, 9.17) is 5.26 Å². The summed E-state index contributed by atoms with van der Waals surface area (Å²) >= 11 is 0. The van der Waals surface area contributed by atoms with E-state index in [1.807, 2.05) is 36.4 Å². The van der Waals surface area contributed by atoms with E-state index in [1.165, 1.54) is 0 Å². The molecule has 1 atom stereocenters. The minimum Gasteiger partial charge on any atom is -0.392 e. The monoisotopic (exact) mass is 323 g/mol. The van der Waals surface area contributed by atoms with Crippen molar-refractivity contribution in [1.29, 1.82) is 5.26 Å². The molecule has 2 aromatic rings. The van der Waals surface area contributed by atoms with E-state index >= 15 is 0 Å². The number of aliphatic hydroxyl groups is 1. The quantitative estimate of drug-likeness (QED) is 0.906. The smallest absolute Gasteiger partial charge is 0.270 e. The lowest BCUT2D eigenvalue weighted by Gasteiger charge is -2.34. The second-order valence-electron chi connectivity index (χ2n) is 6.30. The Morgan fingerprint density at radius 3 is 2.67 bits per heavy atom. The summed E-state index contributed by atoms with van der Waals surface area (Å²) in [6.07, 6.45) is 3.42. The second kappa shape index (κ2) is 7.33. The first-order chi connectivity index (χ1) is 11.7. The van der Waals surface area contributed by atoms with Crippen LogP contribution in [0.5, 0.6) is 0 Å². The Morgan fingerprint density at radius 2 is 2.04 bits per heavy atom. The van der Waals surface area contributed by atoms with Crippen LogP contribution in [0.3, 0.4) is 0 Å². The molecule has 0 radical (unpaired) electrons. The van der Waals surface area contributed by atoms with Gasteiger partial charge in [-0.1, -0.05) is 30.3 Å². The molecule has 0 unspecified atom stereocenters. The fourth-order valence-corrected chi connectivity index (χ4v) is 3.26. The van der Waals surface area contributed by atoms with Crippen LogP contribution < -0.4 is 0 Å². The summed E-state index contributed by atoms with van der Waals surface area (Å²) in [5, 5.41) is 19.3. The lowest BCUT2D eigenvalue weighted by atomic mass is 9.88. The summed E-state index contributed by atoms with van der Waals surface area (Å²) in [7, 11) is 0. The van der Waals surface area contributed by atoms with E-state index in [2.05, 4.69) is 4.98 Å². The summed E-state index contributed by atoms with van der Waals surface area (Å²) in [5.74, 6) is 0.139. The maximum absolute atomic E-state index is 12.4. The van der Waals surface area contributed by atoms with Gasteiger partial charge in [0.15, 0.2) is 0 Å². The Morgan fingerprint density at radius 1 is 1.33 bits per heavy atom. The van der Waals surface area contributed by atoms with E-state index in [-0.39, 0.29) is 17.9 Å². The lowest BCUT2D eigenvalue weighted by Crippen LogP contribution is -2.41. The topological polar surface area (TPSA) is 80.1 Å². The zero-order chi connectivity index (χ0) is 16.9. The van der Waals surface area contributed by atoms with Gasteiger partial charge in [0.25, 0.3) is 5.91 Å². The van der Waals surface area contributed by atoms with Crippen LogP contribution in [0, 0.1) is 17.2 Å². The molecule has 124 valence electrons. The Kier molecular flexibility index (Phi) is 4.97. The van der Waals surface area contributed by atoms with Crippen molar-refractivity contribution in [3.05, 3.63) is 59.4 Å². The van der Waals surface area contributed by atoms with Crippen molar-refractivity contribution < 1.29 is 9.90 Å². The van der Waals surface area contributed by atoms with Crippen LogP contribution in [0.2, 0.25) is 0 Å². The zero-order valence-electron chi connectivity index (χ0n) is 13.5. The normalized spacial score (nSPS) is 16.6. The van der Waals surface area contributed by atoms with Crippen molar-refractivity contribution in [2.45, 2.75) is 25.4 Å². The number of rotatable bonds is 4. The van der Waals surface area contributed by atoms with Crippen LogP contribution >= 0.6 is 0 Å². The van der Waals surface area contributed by atoms with Gasteiger partial charge in [-0.05, 0) is 36.8 Å². The Balaban J connectivity index is 1.53. The number of hydrogen-bond donors (Lipinski definition) is 2. The molecular formula is C19H21N3O2. The third kappa shape index (κ3) is 3.66. The first kappa shape index (κ1) is 16.3. The molecule has 3 rings (SSSR count). The van der Waals surface area contributed by atoms with Crippen molar-refractivity contribution in [1.82, 2.24) is 9.88 Å². The number of aromatic amines is 1. The number of nitrogens with one attached hydrogen (secondary N) is 1. The van der Waals surface area contributed by atoms with Crippen LogP contribution in [0.25, 0.3) is 0 Å². The highest BCUT2D eigenvalue weighted by Crippen LogP contribution is 2.24. The highest BCUT2D eigenvalue weighted by atomic mass is 16.3. The highest BCUT2D eigenvalue weighted by molar-refractivity contribution is 5.92. The summed E-state index contributed by atoms with van der Waals surface area (Å²) in [4.78, 5) is 17.1. The highest BCUT2D eigenvalue weighted by Gasteiger charge is 2.28. The van der Waals surface area contributed by atoms with Crippen LogP contribution in [0.15, 0.2) is 42.6 Å². The number of aromatic nitrogens is 1. The number of carbonyl (C=O) groups is 1. The molecule has 1 aliphatic rings. The van der Waals surface area contributed by atoms with Crippen molar-refractivity contribution >= 4 is 5.91 Å². The third-order valence-electron chi connectivity index (χ3n) is 4.70. The summed E-state index contributed by atoms with van der Waals surface area (Å²) in [6, 6.07) is 13.6. The first-order valence-corrected chi connectivity index (χ1v) is 8.27. The standard InChI is InChI=1S/C19H21N3O2/c20-12-15-10-17(21-13-15)19(24)22-8-6-16(7-9-22)18(23)11-14-4-2-1-3-5-14/h1-5,10,13,16,18,21,23H,6-9,11H2/t18-/m1/s1. The van der Waals surface area contributed by atoms with Crippen molar-refractivity contribution in [2.24, 2.45) is 5.92 Å². The fraction of sp³-hybridized carbons (Fsp3) is 0.368. The maximum Gasteiger partial charge on any atom is 0.270 e. The van der Waals surface area contributed by atoms with Gasteiger partial charge in [0.2, 0.25) is 0 Å². The third-order valence-corrected chi connectivity index (χ3v) is 4.70. The van der Waals surface area contributed by atoms with Crippen molar-refractivity contribution in [2.75, 3.05) is 13.1 Å². The Labute approximate surface area is 141 Å². The van der Waals surface area contributed by atoms with Crippen molar-refractivity contribution in [3.63, 3.8) is 0 Å². The van der Waals surface area contributed by atoms with E-state index in [0.29, 0.717) is 30.8 Å². The summed E-state index contributed by atoms with van der Waals surface area (Å²) in [6.45, 7) is 1.27. The predicted octanol–water partition coefficient (Wildman–Crippen LogP) is 2.34. The molecule has 1 aromatic carbocycles. The minimum absolute atomic E-state index is 0.0764. The molecule has 0 aliphatic carbocycles. The molecule has 0 bridgehead atoms. The fourth-order valence-electron chi connectivity index (χ4n) is 3.26. The van der Waals surface area contributed by atoms with Gasteiger partial charge in [-0.3, -0.25) is 4.79 Å². The number of piperidine rings is 1. The molecular weight excluding hydrogens is 302 g/mol. The molecule has 1 aliphatic heterocycles. The number of hydrogen-bond acceptors (Lipinski definition) is 3. The summed E-state index contributed by atoms with van der Waals surface area (Å²) < 4.78 is 0. The molecule has 2 heterocycles. The van der Waals surface area contributed by atoms with E-state index in [0.717, 1.165) is 18.4 Å². The number of benzene rings is 1. The molecule has 5 heteroatoms. The number of likely N-dealkylation sites (tertiary alicyclic amines) is 1. The number of nitriles is 1. The first-order valence-electron chi connectivity index (χ1n) is 8.27. The van der Waals surface area contributed by atoms with Gasteiger partial charge in [-0.25, -0.2) is 0 Å². The van der Waals surface area contributed by atoms with Crippen LogP contribution in [0.1, 0.15) is 34.5 Å². The van der Waals surface area contributed by atoms with Gasteiger partial charge < -0.3 is 15.0 Å². The van der Waals surface area contributed by atoms with E-state index in [9.17, 15) is 9.90 Å². The van der Waals surface area contributed by atoms with Crippen molar-refractivity contribution in [3.8, 4) is 6.07 Å². The molecule has 1 aromatic heterocycles. The predicted molar refractivity (Wildman–Crippen MR) is 90.3 cm³/mol. The van der Waals surface area contributed by atoms with E-state index < -0.39 is 0 Å². The average Bonchev–Trinajstić information content (AvgIpc) is 3.11. The number of H-pyrrole nitrogens is 1. The maximum atomic E-state index is 12.4. The van der Waals surface area contributed by atoms with Gasteiger partial charge in [-0.15, -0.1) is 0 Å². The number of nitrogens with zero attached hydrogens (tertiary/aromatic N) is 2. The number of aliphatic hydroxyl groups excluding tert-OH is 1. The van der Waals surface area contributed by atoms with Gasteiger partial charge >= 0.3 is 0 Å². The average molecular weight is 323 g/mol. The van der Waals surface area contributed by atoms with Gasteiger partial charge in [0, 0.05) is 19.3 Å². The molecule has 2 N–H and O–H groups in total. The lowest BCUT2D eigenvalue weighted by molar-refractivity contribution is 0.0464. The largest absolute Gasteiger partial charge is 0.392 e. The zero-order valence-corrected chi connectivity index (χ0v) is 13.5. The molecule has 1 amide bonds.